The van der Waals surface area contributed by atoms with Crippen molar-refractivity contribution in [2.45, 2.75) is 31.5 Å². The molecule has 2 aliphatic heterocycles. The molecular formula is C19H23F2NO4. The Morgan fingerprint density at radius 1 is 1.23 bits per heavy atom. The minimum Gasteiger partial charge on any atom is -0.495 e. The molecule has 142 valence electrons. The quantitative estimate of drug-likeness (QED) is 0.776. The third-order valence-electron chi connectivity index (χ3n) is 4.52. The second-order valence-corrected chi connectivity index (χ2v) is 6.42. The third-order valence-corrected chi connectivity index (χ3v) is 4.52. The molecule has 1 fully saturated rings. The van der Waals surface area contributed by atoms with E-state index in [0.29, 0.717) is 19.6 Å². The molecule has 7 heteroatoms. The van der Waals surface area contributed by atoms with Crippen molar-refractivity contribution in [3.63, 3.8) is 0 Å². The molecule has 1 saturated heterocycles. The van der Waals surface area contributed by atoms with E-state index in [2.05, 4.69) is 0 Å². The zero-order valence-corrected chi connectivity index (χ0v) is 14.5. The predicted octanol–water partition coefficient (Wildman–Crippen LogP) is 2.76. The molecule has 0 N–H and O–H groups in total. The number of benzene rings is 1. The summed E-state index contributed by atoms with van der Waals surface area (Å²) in [4.78, 5) is 13.3. The van der Waals surface area contributed by atoms with Crippen molar-refractivity contribution >= 4 is 5.91 Å². The lowest BCUT2D eigenvalue weighted by Crippen LogP contribution is -2.49. The number of amides is 1. The first-order chi connectivity index (χ1) is 12.6. The van der Waals surface area contributed by atoms with Crippen molar-refractivity contribution in [3.8, 4) is 0 Å². The van der Waals surface area contributed by atoms with Crippen LogP contribution in [0.3, 0.4) is 0 Å². The number of carbonyl (C=O) groups is 1. The number of hydrogen-bond donors (Lipinski definition) is 0. The van der Waals surface area contributed by atoms with Gasteiger partial charge in [-0.25, -0.2) is 0 Å². The Balaban J connectivity index is 1.49. The lowest BCUT2D eigenvalue weighted by molar-refractivity contribution is -0.157. The van der Waals surface area contributed by atoms with Crippen LogP contribution in [-0.2, 0) is 25.6 Å². The van der Waals surface area contributed by atoms with E-state index in [1.165, 1.54) is 0 Å². The van der Waals surface area contributed by atoms with Gasteiger partial charge in [-0.3, -0.25) is 4.79 Å². The van der Waals surface area contributed by atoms with E-state index in [1.807, 2.05) is 30.3 Å². The van der Waals surface area contributed by atoms with Gasteiger partial charge >= 0.3 is 5.92 Å². The van der Waals surface area contributed by atoms with Gasteiger partial charge < -0.3 is 19.1 Å². The van der Waals surface area contributed by atoms with E-state index in [0.717, 1.165) is 16.7 Å². The lowest BCUT2D eigenvalue weighted by atomic mass is 9.99. The Kier molecular flexibility index (Phi) is 6.21. The molecule has 0 aliphatic carbocycles. The molecule has 0 spiro atoms. The van der Waals surface area contributed by atoms with Gasteiger partial charge in [0.05, 0.1) is 32.7 Å². The molecule has 1 unspecified atom stereocenters. The number of halogens is 2. The van der Waals surface area contributed by atoms with Crippen LogP contribution >= 0.6 is 0 Å². The zero-order chi connectivity index (χ0) is 18.4. The predicted molar refractivity (Wildman–Crippen MR) is 90.6 cm³/mol. The summed E-state index contributed by atoms with van der Waals surface area (Å²) in [5, 5.41) is 0. The summed E-state index contributed by atoms with van der Waals surface area (Å²) in [5.74, 6) is -4.71. The average Bonchev–Trinajstić information content (AvgIpc) is 2.69. The fourth-order valence-corrected chi connectivity index (χ4v) is 2.96. The first kappa shape index (κ1) is 18.8. The summed E-state index contributed by atoms with van der Waals surface area (Å²) in [5.41, 5.74) is 0.774. The first-order valence-electron chi connectivity index (χ1n) is 8.79. The molecule has 0 aromatic heterocycles. The highest BCUT2D eigenvalue weighted by Crippen LogP contribution is 2.33. The Labute approximate surface area is 151 Å². The Morgan fingerprint density at radius 2 is 1.96 bits per heavy atom. The second kappa shape index (κ2) is 8.60. The fourth-order valence-electron chi connectivity index (χ4n) is 2.96. The molecule has 3 rings (SSSR count). The maximum absolute atomic E-state index is 14.5. The van der Waals surface area contributed by atoms with Crippen LogP contribution in [0.5, 0.6) is 0 Å². The molecule has 1 aromatic rings. The summed E-state index contributed by atoms with van der Waals surface area (Å²) in [7, 11) is 0. The Bertz CT molecular complexity index is 630. The van der Waals surface area contributed by atoms with Crippen molar-refractivity contribution in [1.82, 2.24) is 4.90 Å². The molecule has 5 nitrogen and oxygen atoms in total. The molecule has 1 amide bonds. The molecular weight excluding hydrogens is 344 g/mol. The van der Waals surface area contributed by atoms with Gasteiger partial charge in [-0.05, 0) is 18.4 Å². The van der Waals surface area contributed by atoms with Crippen LogP contribution in [0.1, 0.15) is 18.4 Å². The molecule has 26 heavy (non-hydrogen) atoms. The number of carbonyl (C=O) groups excluding carboxylic acids is 1. The van der Waals surface area contributed by atoms with E-state index in [1.54, 1.807) is 0 Å². The normalized spacial score (nSPS) is 21.1. The van der Waals surface area contributed by atoms with E-state index in [4.69, 9.17) is 14.2 Å². The Morgan fingerprint density at radius 3 is 2.62 bits per heavy atom. The molecule has 1 aromatic carbocycles. The molecule has 1 atom stereocenters. The summed E-state index contributed by atoms with van der Waals surface area (Å²) < 4.78 is 45.0. The summed E-state index contributed by atoms with van der Waals surface area (Å²) in [6.45, 7) is 1.73. The lowest BCUT2D eigenvalue weighted by Gasteiger charge is -2.32. The fraction of sp³-hybridized carbons (Fsp3) is 0.526. The van der Waals surface area contributed by atoms with Gasteiger partial charge in [-0.1, -0.05) is 30.3 Å². The summed E-state index contributed by atoms with van der Waals surface area (Å²) >= 11 is 0. The minimum atomic E-state index is -3.53. The number of hydrogen-bond acceptors (Lipinski definition) is 4. The maximum atomic E-state index is 14.5. The summed E-state index contributed by atoms with van der Waals surface area (Å²) in [6.07, 6.45) is 1.27. The molecule has 2 aliphatic rings. The van der Waals surface area contributed by atoms with Crippen molar-refractivity contribution in [3.05, 3.63) is 47.7 Å². The van der Waals surface area contributed by atoms with Gasteiger partial charge in [-0.2, -0.15) is 8.78 Å². The van der Waals surface area contributed by atoms with Crippen LogP contribution in [0.25, 0.3) is 0 Å². The van der Waals surface area contributed by atoms with Crippen LogP contribution in [0.2, 0.25) is 0 Å². The molecule has 2 heterocycles. The number of rotatable bonds is 6. The molecule has 0 saturated carbocycles. The van der Waals surface area contributed by atoms with Crippen molar-refractivity contribution < 1.29 is 27.8 Å². The topological polar surface area (TPSA) is 48.0 Å². The number of morpholine rings is 1. The number of alkyl halides is 2. The largest absolute Gasteiger partial charge is 0.495 e. The number of ether oxygens (including phenoxy) is 3. The van der Waals surface area contributed by atoms with E-state index in [-0.39, 0.29) is 44.4 Å². The van der Waals surface area contributed by atoms with Crippen LogP contribution in [0, 0.1) is 0 Å². The standard InChI is InChI=1S/C19H23F2NO4/c20-19(21,18(23)22-8-10-24-11-9-22)16-6-7-17(26-13-16)14-25-12-15-4-2-1-3-5-15/h1-5,13,17H,6-12,14H2. The van der Waals surface area contributed by atoms with E-state index in [9.17, 15) is 13.6 Å². The van der Waals surface area contributed by atoms with Crippen LogP contribution in [0.15, 0.2) is 42.2 Å². The van der Waals surface area contributed by atoms with Gasteiger partial charge in [-0.15, -0.1) is 0 Å². The average molecular weight is 367 g/mol. The van der Waals surface area contributed by atoms with Crippen LogP contribution < -0.4 is 0 Å². The highest BCUT2D eigenvalue weighted by atomic mass is 19.3. The smallest absolute Gasteiger partial charge is 0.349 e. The van der Waals surface area contributed by atoms with Crippen LogP contribution in [0.4, 0.5) is 8.78 Å². The van der Waals surface area contributed by atoms with E-state index < -0.39 is 11.8 Å². The first-order valence-corrected chi connectivity index (χ1v) is 8.79. The summed E-state index contributed by atoms with van der Waals surface area (Å²) in [6, 6.07) is 9.70. The van der Waals surface area contributed by atoms with Gasteiger partial charge in [0.2, 0.25) is 0 Å². The van der Waals surface area contributed by atoms with Gasteiger partial charge in [0.15, 0.2) is 0 Å². The Hall–Kier alpha value is -1.99. The zero-order valence-electron chi connectivity index (χ0n) is 14.5. The third kappa shape index (κ3) is 4.59. The minimum absolute atomic E-state index is 0.114. The van der Waals surface area contributed by atoms with Gasteiger partial charge in [0, 0.05) is 18.7 Å². The molecule has 0 radical (unpaired) electrons. The van der Waals surface area contributed by atoms with Gasteiger partial charge in [0.1, 0.15) is 6.10 Å². The van der Waals surface area contributed by atoms with Crippen molar-refractivity contribution in [2.75, 3.05) is 32.9 Å². The molecule has 0 bridgehead atoms. The van der Waals surface area contributed by atoms with E-state index >= 15 is 0 Å². The SMILES string of the molecule is O=C(N1CCOCC1)C(F)(F)C1=COC(COCc2ccccc2)CC1. The maximum Gasteiger partial charge on any atom is 0.349 e. The van der Waals surface area contributed by atoms with Crippen molar-refractivity contribution in [2.24, 2.45) is 0 Å². The van der Waals surface area contributed by atoms with Crippen LogP contribution in [-0.4, -0.2) is 55.7 Å². The van der Waals surface area contributed by atoms with Crippen molar-refractivity contribution in [1.29, 1.82) is 0 Å². The monoisotopic (exact) mass is 367 g/mol. The highest BCUT2D eigenvalue weighted by Gasteiger charge is 2.47. The highest BCUT2D eigenvalue weighted by molar-refractivity contribution is 5.87. The second-order valence-electron chi connectivity index (χ2n) is 6.42. The van der Waals surface area contributed by atoms with Gasteiger partial charge in [0.25, 0.3) is 5.91 Å². The number of nitrogens with zero attached hydrogens (tertiary/aromatic N) is 1.